The van der Waals surface area contributed by atoms with E-state index >= 15 is 0 Å². The van der Waals surface area contributed by atoms with Crippen LogP contribution in [-0.4, -0.2) is 24.7 Å². The third-order valence-electron chi connectivity index (χ3n) is 2.77. The van der Waals surface area contributed by atoms with E-state index < -0.39 is 5.97 Å². The Morgan fingerprint density at radius 2 is 2.12 bits per heavy atom. The highest BCUT2D eigenvalue weighted by Crippen LogP contribution is 2.26. The van der Waals surface area contributed by atoms with Crippen molar-refractivity contribution in [2.75, 3.05) is 24.2 Å². The van der Waals surface area contributed by atoms with Crippen LogP contribution in [0, 0.1) is 5.92 Å². The van der Waals surface area contributed by atoms with Crippen molar-refractivity contribution in [1.29, 1.82) is 0 Å². The molecule has 0 amide bonds. The third-order valence-corrected chi connectivity index (χ3v) is 2.77. The van der Waals surface area contributed by atoms with E-state index in [1.165, 1.54) is 6.07 Å². The molecule has 0 aliphatic carbocycles. The van der Waals surface area contributed by atoms with Crippen LogP contribution in [0.4, 0.5) is 11.4 Å². The van der Waals surface area contributed by atoms with Gasteiger partial charge in [0.2, 0.25) is 0 Å². The van der Waals surface area contributed by atoms with E-state index in [-0.39, 0.29) is 5.56 Å². The average Bonchev–Trinajstić information content (AvgIpc) is 2.25. The molecule has 4 nitrogen and oxygen atoms in total. The Bertz CT molecular complexity index is 402. The van der Waals surface area contributed by atoms with E-state index in [1.807, 2.05) is 18.0 Å². The number of nitrogens with zero attached hydrogens (tertiary/aromatic N) is 1. The fourth-order valence-electron chi connectivity index (χ4n) is 1.64. The summed E-state index contributed by atoms with van der Waals surface area (Å²) in [5.41, 5.74) is 7.16. The van der Waals surface area contributed by atoms with Gasteiger partial charge in [0.25, 0.3) is 0 Å². The highest BCUT2D eigenvalue weighted by molar-refractivity contribution is 5.97. The fraction of sp³-hybridized carbons (Fsp3) is 0.462. The summed E-state index contributed by atoms with van der Waals surface area (Å²) in [6, 6.07) is 5.10. The number of nitrogen functional groups attached to an aromatic ring is 1. The fourth-order valence-corrected chi connectivity index (χ4v) is 1.64. The zero-order chi connectivity index (χ0) is 13.0. The molecule has 4 heteroatoms. The minimum atomic E-state index is -0.985. The maximum Gasteiger partial charge on any atom is 0.337 e. The molecule has 0 fully saturated rings. The van der Waals surface area contributed by atoms with Crippen LogP contribution in [0.25, 0.3) is 0 Å². The number of nitrogens with two attached hydrogens (primary N) is 1. The molecule has 0 spiro atoms. The smallest absolute Gasteiger partial charge is 0.337 e. The Labute approximate surface area is 102 Å². The maximum absolute atomic E-state index is 11.0. The first-order valence-corrected chi connectivity index (χ1v) is 5.76. The van der Waals surface area contributed by atoms with E-state index in [4.69, 9.17) is 10.8 Å². The van der Waals surface area contributed by atoms with Crippen molar-refractivity contribution in [1.82, 2.24) is 0 Å². The molecule has 17 heavy (non-hydrogen) atoms. The lowest BCUT2D eigenvalue weighted by molar-refractivity contribution is 0.0698. The molecule has 0 aliphatic rings. The van der Waals surface area contributed by atoms with Crippen LogP contribution in [0.15, 0.2) is 18.2 Å². The van der Waals surface area contributed by atoms with Gasteiger partial charge in [0, 0.05) is 13.6 Å². The topological polar surface area (TPSA) is 66.6 Å². The number of carboxylic acids is 1. The summed E-state index contributed by atoms with van der Waals surface area (Å²) in [4.78, 5) is 13.0. The van der Waals surface area contributed by atoms with Gasteiger partial charge in [-0.3, -0.25) is 0 Å². The minimum absolute atomic E-state index is 0.166. The molecule has 0 saturated heterocycles. The summed E-state index contributed by atoms with van der Waals surface area (Å²) in [5, 5.41) is 8.99. The molecule has 1 aromatic carbocycles. The molecule has 1 rings (SSSR count). The van der Waals surface area contributed by atoms with Crippen LogP contribution in [-0.2, 0) is 0 Å². The summed E-state index contributed by atoms with van der Waals surface area (Å²) in [6.45, 7) is 5.18. The first-order chi connectivity index (χ1) is 7.93. The molecule has 1 aromatic rings. The Morgan fingerprint density at radius 1 is 1.47 bits per heavy atom. The first-order valence-electron chi connectivity index (χ1n) is 5.76. The van der Waals surface area contributed by atoms with E-state index in [2.05, 4.69) is 13.8 Å². The lowest BCUT2D eigenvalue weighted by Crippen LogP contribution is -2.21. The second-order valence-electron chi connectivity index (χ2n) is 4.65. The van der Waals surface area contributed by atoms with Crippen molar-refractivity contribution in [2.45, 2.75) is 20.3 Å². The SMILES string of the molecule is CC(C)CCN(C)c1cccc(C(=O)O)c1N. The van der Waals surface area contributed by atoms with Crippen LogP contribution < -0.4 is 10.6 Å². The minimum Gasteiger partial charge on any atom is -0.478 e. The number of hydrogen-bond donors (Lipinski definition) is 2. The number of para-hydroxylation sites is 1. The van der Waals surface area contributed by atoms with Gasteiger partial charge >= 0.3 is 5.97 Å². The molecule has 0 saturated carbocycles. The Hall–Kier alpha value is -1.71. The number of rotatable bonds is 5. The van der Waals surface area contributed by atoms with E-state index in [1.54, 1.807) is 6.07 Å². The Balaban J connectivity index is 2.90. The van der Waals surface area contributed by atoms with Crippen molar-refractivity contribution in [2.24, 2.45) is 5.92 Å². The zero-order valence-electron chi connectivity index (χ0n) is 10.6. The quantitative estimate of drug-likeness (QED) is 0.771. The standard InChI is InChI=1S/C13H20N2O2/c1-9(2)7-8-15(3)11-6-4-5-10(12(11)14)13(16)17/h4-6,9H,7-8,14H2,1-3H3,(H,16,17). The second-order valence-corrected chi connectivity index (χ2v) is 4.65. The first kappa shape index (κ1) is 13.4. The molecule has 0 unspecified atom stereocenters. The maximum atomic E-state index is 11.0. The van der Waals surface area contributed by atoms with Crippen molar-refractivity contribution < 1.29 is 9.90 Å². The lowest BCUT2D eigenvalue weighted by atomic mass is 10.1. The highest BCUT2D eigenvalue weighted by Gasteiger charge is 2.13. The number of carboxylic acid groups (broad SMARTS) is 1. The number of aromatic carboxylic acids is 1. The van der Waals surface area contributed by atoms with Gasteiger partial charge in [-0.05, 0) is 24.5 Å². The van der Waals surface area contributed by atoms with Gasteiger partial charge in [0.15, 0.2) is 0 Å². The van der Waals surface area contributed by atoms with Crippen molar-refractivity contribution in [3.8, 4) is 0 Å². The normalized spacial score (nSPS) is 10.6. The molecule has 0 aromatic heterocycles. The molecular formula is C13H20N2O2. The Kier molecular flexibility index (Phi) is 4.37. The second kappa shape index (κ2) is 5.57. The summed E-state index contributed by atoms with van der Waals surface area (Å²) in [5.74, 6) is -0.372. The van der Waals surface area contributed by atoms with Gasteiger partial charge in [-0.1, -0.05) is 19.9 Å². The van der Waals surface area contributed by atoms with Crippen LogP contribution >= 0.6 is 0 Å². The van der Waals surface area contributed by atoms with Crippen LogP contribution in [0.2, 0.25) is 0 Å². The van der Waals surface area contributed by atoms with Gasteiger partial charge in [-0.25, -0.2) is 4.79 Å². The molecule has 94 valence electrons. The molecule has 3 N–H and O–H groups in total. The van der Waals surface area contributed by atoms with Crippen molar-refractivity contribution in [3.05, 3.63) is 23.8 Å². The molecule has 0 heterocycles. The number of hydrogen-bond acceptors (Lipinski definition) is 3. The van der Waals surface area contributed by atoms with Crippen molar-refractivity contribution in [3.63, 3.8) is 0 Å². The molecule has 0 bridgehead atoms. The van der Waals surface area contributed by atoms with E-state index in [9.17, 15) is 4.79 Å². The molecule has 0 atom stereocenters. The predicted molar refractivity (Wildman–Crippen MR) is 70.5 cm³/mol. The van der Waals surface area contributed by atoms with Gasteiger partial charge in [0.1, 0.15) is 0 Å². The van der Waals surface area contributed by atoms with Crippen LogP contribution in [0.1, 0.15) is 30.6 Å². The van der Waals surface area contributed by atoms with Crippen LogP contribution in [0.3, 0.4) is 0 Å². The number of benzene rings is 1. The highest BCUT2D eigenvalue weighted by atomic mass is 16.4. The summed E-state index contributed by atoms with van der Waals surface area (Å²) >= 11 is 0. The predicted octanol–water partition coefficient (Wildman–Crippen LogP) is 2.45. The van der Waals surface area contributed by atoms with Crippen molar-refractivity contribution >= 4 is 17.3 Å². The molecule has 0 radical (unpaired) electrons. The van der Waals surface area contributed by atoms with E-state index in [0.29, 0.717) is 11.6 Å². The zero-order valence-corrected chi connectivity index (χ0v) is 10.6. The molecule has 0 aliphatic heterocycles. The van der Waals surface area contributed by atoms with Gasteiger partial charge in [0.05, 0.1) is 16.9 Å². The summed E-state index contributed by atoms with van der Waals surface area (Å²) in [6.07, 6.45) is 1.05. The van der Waals surface area contributed by atoms with E-state index in [0.717, 1.165) is 18.7 Å². The third kappa shape index (κ3) is 3.37. The molecular weight excluding hydrogens is 216 g/mol. The summed E-state index contributed by atoms with van der Waals surface area (Å²) in [7, 11) is 1.93. The number of carbonyl (C=O) groups is 1. The monoisotopic (exact) mass is 236 g/mol. The summed E-state index contributed by atoms with van der Waals surface area (Å²) < 4.78 is 0. The van der Waals surface area contributed by atoms with Crippen LogP contribution in [0.5, 0.6) is 0 Å². The average molecular weight is 236 g/mol. The van der Waals surface area contributed by atoms with Gasteiger partial charge in [-0.2, -0.15) is 0 Å². The lowest BCUT2D eigenvalue weighted by Gasteiger charge is -2.22. The number of anilines is 2. The van der Waals surface area contributed by atoms with Gasteiger partial charge < -0.3 is 15.7 Å². The Morgan fingerprint density at radius 3 is 2.65 bits per heavy atom. The largest absolute Gasteiger partial charge is 0.478 e. The van der Waals surface area contributed by atoms with Gasteiger partial charge in [-0.15, -0.1) is 0 Å².